The molecular weight excluding hydrogens is 445 g/mol. The molecular formula is C24H24FN3O4S. The molecule has 1 aliphatic heterocycles. The maximum Gasteiger partial charge on any atom is 0.187 e. The third-order valence-electron chi connectivity index (χ3n) is 4.60. The van der Waals surface area contributed by atoms with Crippen molar-refractivity contribution in [3.05, 3.63) is 84.9 Å². The summed E-state index contributed by atoms with van der Waals surface area (Å²) < 4.78 is 50.8. The first-order valence-electron chi connectivity index (χ1n) is 9.94. The van der Waals surface area contributed by atoms with Gasteiger partial charge in [0.2, 0.25) is 0 Å². The van der Waals surface area contributed by atoms with Gasteiger partial charge in [-0.15, -0.1) is 0 Å². The molecule has 0 amide bonds. The summed E-state index contributed by atoms with van der Waals surface area (Å²) in [5, 5.41) is 3.10. The molecule has 0 unspecified atom stereocenters. The number of ether oxygens (including phenoxy) is 2. The van der Waals surface area contributed by atoms with E-state index >= 15 is 0 Å². The zero-order chi connectivity index (χ0) is 23.8. The first kappa shape index (κ1) is 23.9. The molecule has 7 nitrogen and oxygen atoms in total. The second-order valence-electron chi connectivity index (χ2n) is 6.92. The highest BCUT2D eigenvalue weighted by Crippen LogP contribution is 2.26. The smallest absolute Gasteiger partial charge is 0.187 e. The monoisotopic (exact) mass is 469 g/mol. The normalized spacial score (nSPS) is 15.2. The third-order valence-corrected chi connectivity index (χ3v) is 6.25. The molecule has 2 aromatic rings. The minimum atomic E-state index is -4.03. The standard InChI is InChI=1S/C24H24FN3O4S/c1-4-5-6-9-17-15-26-24(28-18-12-19(31-2)14-20(13-18)32-3)22(27-17)16-33(29,30)23-11-8-7-10-21(23)25/h4-14H,1,15-16H2,2-3H3,(H,26,28)/b6-5-,17-9+. The Morgan fingerprint density at radius 1 is 1.12 bits per heavy atom. The number of hydrogen-bond acceptors (Lipinski definition) is 7. The van der Waals surface area contributed by atoms with E-state index in [2.05, 4.69) is 21.9 Å². The van der Waals surface area contributed by atoms with Crippen LogP contribution in [-0.2, 0) is 9.84 Å². The molecule has 0 atom stereocenters. The van der Waals surface area contributed by atoms with E-state index < -0.39 is 26.3 Å². The van der Waals surface area contributed by atoms with Gasteiger partial charge in [-0.3, -0.25) is 9.98 Å². The van der Waals surface area contributed by atoms with Gasteiger partial charge in [-0.25, -0.2) is 12.8 Å². The van der Waals surface area contributed by atoms with Crippen molar-refractivity contribution in [2.45, 2.75) is 4.90 Å². The fraction of sp³-hybridized carbons (Fsp3) is 0.167. The van der Waals surface area contributed by atoms with Crippen LogP contribution in [0.4, 0.5) is 10.1 Å². The number of sulfone groups is 1. The molecule has 0 aliphatic carbocycles. The number of methoxy groups -OCH3 is 2. The van der Waals surface area contributed by atoms with Crippen LogP contribution < -0.4 is 14.8 Å². The topological polar surface area (TPSA) is 89.4 Å². The third kappa shape index (κ3) is 6.17. The van der Waals surface area contributed by atoms with E-state index in [0.717, 1.165) is 6.07 Å². The van der Waals surface area contributed by atoms with Crippen LogP contribution in [0.1, 0.15) is 0 Å². The molecule has 3 rings (SSSR count). The highest BCUT2D eigenvalue weighted by Gasteiger charge is 2.26. The Labute approximate surface area is 192 Å². The van der Waals surface area contributed by atoms with Crippen molar-refractivity contribution in [3.63, 3.8) is 0 Å². The van der Waals surface area contributed by atoms with Crippen LogP contribution in [0.15, 0.2) is 93.9 Å². The molecule has 2 aromatic carbocycles. The Balaban J connectivity index is 1.98. The largest absolute Gasteiger partial charge is 0.497 e. The van der Waals surface area contributed by atoms with Gasteiger partial charge in [0.1, 0.15) is 33.8 Å². The summed E-state index contributed by atoms with van der Waals surface area (Å²) in [6.45, 7) is 3.84. The van der Waals surface area contributed by atoms with E-state index in [-0.39, 0.29) is 18.1 Å². The Bertz CT molecular complexity index is 1240. The highest BCUT2D eigenvalue weighted by atomic mass is 32.2. The number of hydrogen-bond donors (Lipinski definition) is 1. The molecule has 33 heavy (non-hydrogen) atoms. The van der Waals surface area contributed by atoms with Crippen molar-refractivity contribution in [1.82, 2.24) is 0 Å². The van der Waals surface area contributed by atoms with Gasteiger partial charge in [0, 0.05) is 23.9 Å². The lowest BCUT2D eigenvalue weighted by Crippen LogP contribution is -2.33. The number of amidine groups is 1. The quantitative estimate of drug-likeness (QED) is 0.585. The lowest BCUT2D eigenvalue weighted by Gasteiger charge is -2.18. The van der Waals surface area contributed by atoms with Crippen molar-refractivity contribution in [2.24, 2.45) is 9.98 Å². The molecule has 1 aliphatic rings. The van der Waals surface area contributed by atoms with Gasteiger partial charge in [-0.05, 0) is 18.2 Å². The molecule has 1 heterocycles. The molecule has 1 N–H and O–H groups in total. The molecule has 0 fully saturated rings. The number of allylic oxidation sites excluding steroid dienone is 4. The van der Waals surface area contributed by atoms with E-state index in [0.29, 0.717) is 22.9 Å². The summed E-state index contributed by atoms with van der Waals surface area (Å²) >= 11 is 0. The summed E-state index contributed by atoms with van der Waals surface area (Å²) in [6.07, 6.45) is 6.78. The summed E-state index contributed by atoms with van der Waals surface area (Å²) in [4.78, 5) is 8.59. The fourth-order valence-corrected chi connectivity index (χ4v) is 4.40. The van der Waals surface area contributed by atoms with E-state index in [1.165, 1.54) is 32.4 Å². The average molecular weight is 470 g/mol. The first-order chi connectivity index (χ1) is 15.9. The summed E-state index contributed by atoms with van der Waals surface area (Å²) in [5.74, 6) is -0.0111. The summed E-state index contributed by atoms with van der Waals surface area (Å²) in [6, 6.07) is 10.4. The summed E-state index contributed by atoms with van der Waals surface area (Å²) in [7, 11) is -0.975. The van der Waals surface area contributed by atoms with Crippen molar-refractivity contribution < 1.29 is 22.3 Å². The number of aliphatic imine (C=N–C) groups is 2. The van der Waals surface area contributed by atoms with Gasteiger partial charge in [-0.2, -0.15) is 0 Å². The van der Waals surface area contributed by atoms with Crippen LogP contribution in [0.2, 0.25) is 0 Å². The zero-order valence-electron chi connectivity index (χ0n) is 18.3. The van der Waals surface area contributed by atoms with Crippen LogP contribution in [0.25, 0.3) is 0 Å². The maximum absolute atomic E-state index is 14.2. The number of nitrogens with zero attached hydrogens (tertiary/aromatic N) is 2. The van der Waals surface area contributed by atoms with Crippen LogP contribution in [0, 0.1) is 5.82 Å². The summed E-state index contributed by atoms with van der Waals surface area (Å²) in [5.41, 5.74) is 1.28. The fourth-order valence-electron chi connectivity index (χ4n) is 3.03. The van der Waals surface area contributed by atoms with Gasteiger partial charge >= 0.3 is 0 Å². The number of anilines is 1. The molecule has 172 valence electrons. The van der Waals surface area contributed by atoms with Crippen molar-refractivity contribution in [3.8, 4) is 11.5 Å². The van der Waals surface area contributed by atoms with E-state index in [1.807, 2.05) is 0 Å². The average Bonchev–Trinajstić information content (AvgIpc) is 2.80. The Kier molecular flexibility index (Phi) is 7.78. The second-order valence-corrected chi connectivity index (χ2v) is 8.88. The van der Waals surface area contributed by atoms with Crippen LogP contribution >= 0.6 is 0 Å². The van der Waals surface area contributed by atoms with Crippen molar-refractivity contribution >= 4 is 27.1 Å². The number of benzene rings is 2. The molecule has 0 bridgehead atoms. The zero-order valence-corrected chi connectivity index (χ0v) is 19.1. The first-order valence-corrected chi connectivity index (χ1v) is 11.6. The predicted octanol–water partition coefficient (Wildman–Crippen LogP) is 4.21. The Morgan fingerprint density at radius 3 is 2.45 bits per heavy atom. The molecule has 0 saturated heterocycles. The SMILES string of the molecule is C=C/C=C\C=C1/CN=C(Nc2cc(OC)cc(OC)c2)C(CS(=O)(=O)c2ccccc2F)=N1. The molecule has 0 spiro atoms. The lowest BCUT2D eigenvalue weighted by atomic mass is 10.2. The highest BCUT2D eigenvalue weighted by molar-refractivity contribution is 7.92. The molecule has 0 aromatic heterocycles. The van der Waals surface area contributed by atoms with Gasteiger partial charge in [-0.1, -0.05) is 36.9 Å². The van der Waals surface area contributed by atoms with Crippen molar-refractivity contribution in [2.75, 3.05) is 31.8 Å². The van der Waals surface area contributed by atoms with Gasteiger partial charge in [0.25, 0.3) is 0 Å². The minimum Gasteiger partial charge on any atom is -0.497 e. The number of rotatable bonds is 8. The Morgan fingerprint density at radius 2 is 1.82 bits per heavy atom. The van der Waals surface area contributed by atoms with Crippen LogP contribution in [0.3, 0.4) is 0 Å². The van der Waals surface area contributed by atoms with E-state index in [4.69, 9.17) is 9.47 Å². The maximum atomic E-state index is 14.2. The lowest BCUT2D eigenvalue weighted by molar-refractivity contribution is 0.395. The predicted molar refractivity (Wildman–Crippen MR) is 129 cm³/mol. The molecule has 9 heteroatoms. The molecule has 0 saturated carbocycles. The van der Waals surface area contributed by atoms with Gasteiger partial charge in [0.05, 0.1) is 32.2 Å². The van der Waals surface area contributed by atoms with Crippen molar-refractivity contribution in [1.29, 1.82) is 0 Å². The van der Waals surface area contributed by atoms with Crippen LogP contribution in [-0.4, -0.2) is 46.5 Å². The van der Waals surface area contributed by atoms with Crippen LogP contribution in [0.5, 0.6) is 11.5 Å². The molecule has 0 radical (unpaired) electrons. The minimum absolute atomic E-state index is 0.157. The van der Waals surface area contributed by atoms with E-state index in [1.54, 1.807) is 42.5 Å². The van der Waals surface area contributed by atoms with Gasteiger partial charge in [0.15, 0.2) is 9.84 Å². The number of halogens is 1. The Hall–Kier alpha value is -3.72. The van der Waals surface area contributed by atoms with E-state index in [9.17, 15) is 12.8 Å². The van der Waals surface area contributed by atoms with Gasteiger partial charge < -0.3 is 14.8 Å². The second kappa shape index (κ2) is 10.7. The number of nitrogens with one attached hydrogen (secondary N) is 1.